The van der Waals surface area contributed by atoms with Crippen molar-refractivity contribution in [3.05, 3.63) is 71.8 Å². The van der Waals surface area contributed by atoms with E-state index in [2.05, 4.69) is 9.97 Å². The van der Waals surface area contributed by atoms with E-state index in [0.717, 1.165) is 17.0 Å². The van der Waals surface area contributed by atoms with Crippen LogP contribution in [0.1, 0.15) is 11.3 Å². The van der Waals surface area contributed by atoms with Crippen LogP contribution in [-0.4, -0.2) is 18.7 Å². The van der Waals surface area contributed by atoms with E-state index < -0.39 is 16.9 Å². The lowest BCUT2D eigenvalue weighted by molar-refractivity contribution is 0.533. The zero-order chi connectivity index (χ0) is 17.1. The molecule has 24 heavy (non-hydrogen) atoms. The first-order valence-corrected chi connectivity index (χ1v) is 8.52. The van der Waals surface area contributed by atoms with E-state index in [1.807, 2.05) is 31.2 Å². The van der Waals surface area contributed by atoms with Crippen molar-refractivity contribution < 1.29 is 13.2 Å². The van der Waals surface area contributed by atoms with Gasteiger partial charge in [0.1, 0.15) is 5.82 Å². The zero-order valence-electron chi connectivity index (χ0n) is 12.9. The van der Waals surface area contributed by atoms with E-state index in [9.17, 15) is 13.2 Å². The number of nitrogens with zero attached hydrogens (tertiary/aromatic N) is 2. The molecule has 3 rings (SSSR count). The van der Waals surface area contributed by atoms with E-state index >= 15 is 0 Å². The van der Waals surface area contributed by atoms with E-state index in [-0.39, 0.29) is 11.3 Å². The standard InChI is InChI=1S/C18H15FN2O2S/c1-12-4-2-6-17(21-12)15-5-3-9-20-18(15)13-7-8-14(11-24(22)23)16(19)10-13/h2-10H,11H2,1H3,(H,22,23)/p-1. The molecule has 0 aliphatic heterocycles. The third kappa shape index (κ3) is 3.55. The zero-order valence-corrected chi connectivity index (χ0v) is 13.7. The van der Waals surface area contributed by atoms with Crippen LogP contribution in [0.3, 0.4) is 0 Å². The molecule has 0 radical (unpaired) electrons. The molecule has 0 saturated heterocycles. The second-order valence-corrected chi connectivity index (χ2v) is 6.21. The molecule has 1 atom stereocenters. The highest BCUT2D eigenvalue weighted by molar-refractivity contribution is 7.78. The average molecular weight is 341 g/mol. The average Bonchev–Trinajstić information content (AvgIpc) is 2.56. The van der Waals surface area contributed by atoms with Crippen molar-refractivity contribution in [1.29, 1.82) is 0 Å². The van der Waals surface area contributed by atoms with Gasteiger partial charge in [-0.2, -0.15) is 0 Å². The second-order valence-electron chi connectivity index (χ2n) is 5.32. The van der Waals surface area contributed by atoms with Crippen LogP contribution in [0.15, 0.2) is 54.7 Å². The van der Waals surface area contributed by atoms with Gasteiger partial charge in [-0.15, -0.1) is 0 Å². The molecule has 0 aliphatic rings. The Morgan fingerprint density at radius 3 is 2.71 bits per heavy atom. The Balaban J connectivity index is 2.08. The Kier molecular flexibility index (Phi) is 4.78. The lowest BCUT2D eigenvalue weighted by atomic mass is 10.0. The fourth-order valence-electron chi connectivity index (χ4n) is 2.47. The van der Waals surface area contributed by atoms with E-state index in [4.69, 9.17) is 0 Å². The van der Waals surface area contributed by atoms with E-state index in [0.29, 0.717) is 11.3 Å². The molecular weight excluding hydrogens is 327 g/mol. The lowest BCUT2D eigenvalue weighted by Gasteiger charge is -2.11. The lowest BCUT2D eigenvalue weighted by Crippen LogP contribution is -1.98. The molecule has 1 unspecified atom stereocenters. The summed E-state index contributed by atoms with van der Waals surface area (Å²) in [5.41, 5.74) is 3.74. The molecule has 4 nitrogen and oxygen atoms in total. The molecule has 0 saturated carbocycles. The molecule has 0 aliphatic carbocycles. The Hall–Kier alpha value is -2.44. The third-order valence-electron chi connectivity index (χ3n) is 3.57. The van der Waals surface area contributed by atoms with Crippen LogP contribution in [0.4, 0.5) is 4.39 Å². The molecule has 0 fully saturated rings. The molecule has 1 aromatic carbocycles. The SMILES string of the molecule is Cc1cccc(-c2cccnc2-c2ccc(CS(=O)[O-])c(F)c2)n1. The Morgan fingerprint density at radius 1 is 1.17 bits per heavy atom. The first-order chi connectivity index (χ1) is 11.5. The fraction of sp³-hybridized carbons (Fsp3) is 0.111. The molecule has 0 N–H and O–H groups in total. The monoisotopic (exact) mass is 341 g/mol. The fourth-order valence-corrected chi connectivity index (χ4v) is 2.96. The number of aryl methyl sites for hydroxylation is 1. The van der Waals surface area contributed by atoms with Crippen molar-refractivity contribution in [2.45, 2.75) is 12.7 Å². The van der Waals surface area contributed by atoms with Gasteiger partial charge in [0, 0.05) is 28.8 Å². The van der Waals surface area contributed by atoms with Gasteiger partial charge in [-0.1, -0.05) is 29.3 Å². The largest absolute Gasteiger partial charge is 0.772 e. The summed E-state index contributed by atoms with van der Waals surface area (Å²) in [5.74, 6) is -0.911. The summed E-state index contributed by atoms with van der Waals surface area (Å²) in [6, 6.07) is 13.8. The molecule has 2 heterocycles. The Morgan fingerprint density at radius 2 is 2.00 bits per heavy atom. The summed E-state index contributed by atoms with van der Waals surface area (Å²) in [5, 5.41) is 0. The van der Waals surface area contributed by atoms with Gasteiger partial charge in [-0.3, -0.25) is 14.2 Å². The number of pyridine rings is 2. The smallest absolute Gasteiger partial charge is 0.127 e. The number of hydrogen-bond acceptors (Lipinski definition) is 4. The minimum absolute atomic E-state index is 0.137. The molecule has 6 heteroatoms. The number of benzene rings is 1. The Bertz CT molecular complexity index is 915. The summed E-state index contributed by atoms with van der Waals surface area (Å²) in [6.45, 7) is 1.90. The second kappa shape index (κ2) is 6.98. The highest BCUT2D eigenvalue weighted by Gasteiger charge is 2.12. The van der Waals surface area contributed by atoms with Gasteiger partial charge in [0.25, 0.3) is 0 Å². The van der Waals surface area contributed by atoms with Crippen molar-refractivity contribution in [3.63, 3.8) is 0 Å². The molecule has 122 valence electrons. The summed E-state index contributed by atoms with van der Waals surface area (Å²) < 4.78 is 35.7. The van der Waals surface area contributed by atoms with Gasteiger partial charge in [-0.25, -0.2) is 4.39 Å². The quantitative estimate of drug-likeness (QED) is 0.680. The molecular formula is C18H14FN2O2S-. The summed E-state index contributed by atoms with van der Waals surface area (Å²) in [4.78, 5) is 8.85. The third-order valence-corrected chi connectivity index (χ3v) is 4.12. The molecule has 0 spiro atoms. The predicted octanol–water partition coefficient (Wildman–Crippen LogP) is 3.64. The van der Waals surface area contributed by atoms with Crippen LogP contribution in [0.5, 0.6) is 0 Å². The predicted molar refractivity (Wildman–Crippen MR) is 90.2 cm³/mol. The molecule has 3 aromatic rings. The number of rotatable bonds is 4. The molecule has 0 bridgehead atoms. The maximum absolute atomic E-state index is 14.2. The van der Waals surface area contributed by atoms with E-state index in [1.165, 1.54) is 12.1 Å². The first kappa shape index (κ1) is 16.4. The molecule has 2 aromatic heterocycles. The van der Waals surface area contributed by atoms with Gasteiger partial charge in [0.05, 0.1) is 11.4 Å². The van der Waals surface area contributed by atoms with Crippen LogP contribution >= 0.6 is 0 Å². The van der Waals surface area contributed by atoms with Crippen LogP contribution in [0, 0.1) is 12.7 Å². The van der Waals surface area contributed by atoms with Crippen molar-refractivity contribution in [2.24, 2.45) is 0 Å². The highest BCUT2D eigenvalue weighted by atomic mass is 32.2. The minimum atomic E-state index is -2.33. The highest BCUT2D eigenvalue weighted by Crippen LogP contribution is 2.30. The van der Waals surface area contributed by atoms with Crippen LogP contribution in [0.2, 0.25) is 0 Å². The maximum Gasteiger partial charge on any atom is 0.127 e. The number of aromatic nitrogens is 2. The van der Waals surface area contributed by atoms with Crippen molar-refractivity contribution in [2.75, 3.05) is 0 Å². The van der Waals surface area contributed by atoms with E-state index in [1.54, 1.807) is 18.3 Å². The number of halogens is 1. The van der Waals surface area contributed by atoms with Gasteiger partial charge >= 0.3 is 0 Å². The maximum atomic E-state index is 14.2. The number of hydrogen-bond donors (Lipinski definition) is 0. The topological polar surface area (TPSA) is 65.9 Å². The van der Waals surface area contributed by atoms with Gasteiger partial charge < -0.3 is 4.55 Å². The Labute approximate surface area is 141 Å². The van der Waals surface area contributed by atoms with Crippen molar-refractivity contribution in [1.82, 2.24) is 9.97 Å². The summed E-state index contributed by atoms with van der Waals surface area (Å²) in [6.07, 6.45) is 1.63. The van der Waals surface area contributed by atoms with Crippen molar-refractivity contribution in [3.8, 4) is 22.5 Å². The van der Waals surface area contributed by atoms with Crippen LogP contribution < -0.4 is 0 Å². The van der Waals surface area contributed by atoms with Crippen molar-refractivity contribution >= 4 is 11.1 Å². The minimum Gasteiger partial charge on any atom is -0.772 e. The summed E-state index contributed by atoms with van der Waals surface area (Å²) >= 11 is -2.33. The van der Waals surface area contributed by atoms with Crippen LogP contribution in [-0.2, 0) is 16.8 Å². The summed E-state index contributed by atoms with van der Waals surface area (Å²) in [7, 11) is 0. The first-order valence-electron chi connectivity index (χ1n) is 7.28. The van der Waals surface area contributed by atoms with Crippen LogP contribution in [0.25, 0.3) is 22.5 Å². The van der Waals surface area contributed by atoms with Gasteiger partial charge in [0.2, 0.25) is 0 Å². The van der Waals surface area contributed by atoms with Gasteiger partial charge in [0.15, 0.2) is 0 Å². The normalized spacial score (nSPS) is 12.1. The molecule has 0 amide bonds. The van der Waals surface area contributed by atoms with Gasteiger partial charge in [-0.05, 0) is 42.8 Å².